The highest BCUT2D eigenvalue weighted by atomic mass is 16.8. The zero-order valence-corrected chi connectivity index (χ0v) is 13.7. The van der Waals surface area contributed by atoms with E-state index in [1.54, 1.807) is 31.2 Å². The molecule has 0 amide bonds. The minimum absolute atomic E-state index is 0.0651. The Hall–Kier alpha value is -2.33. The van der Waals surface area contributed by atoms with Gasteiger partial charge in [-0.05, 0) is 25.5 Å². The minimum Gasteiger partial charge on any atom is -0.397 e. The van der Waals surface area contributed by atoms with E-state index in [9.17, 15) is 4.79 Å². The van der Waals surface area contributed by atoms with Crippen LogP contribution in [0.15, 0.2) is 60.7 Å². The number of hydrogen-bond donors (Lipinski definition) is 0. The van der Waals surface area contributed by atoms with Crippen LogP contribution in [0.3, 0.4) is 0 Å². The van der Waals surface area contributed by atoms with Crippen molar-refractivity contribution in [3.63, 3.8) is 0 Å². The fourth-order valence-corrected chi connectivity index (χ4v) is 2.12. The summed E-state index contributed by atoms with van der Waals surface area (Å²) < 4.78 is 16.7. The average molecular weight is 314 g/mol. The van der Waals surface area contributed by atoms with E-state index in [1.807, 2.05) is 50.2 Å². The molecule has 4 nitrogen and oxygen atoms in total. The van der Waals surface area contributed by atoms with Gasteiger partial charge in [-0.2, -0.15) is 0 Å². The molecule has 0 aromatic heterocycles. The van der Waals surface area contributed by atoms with Crippen molar-refractivity contribution in [1.29, 1.82) is 0 Å². The molecular weight excluding hydrogens is 292 g/mol. The van der Waals surface area contributed by atoms with E-state index in [2.05, 4.69) is 0 Å². The largest absolute Gasteiger partial charge is 0.516 e. The van der Waals surface area contributed by atoms with E-state index in [0.717, 1.165) is 12.0 Å². The summed E-state index contributed by atoms with van der Waals surface area (Å²) in [5, 5.41) is 0. The van der Waals surface area contributed by atoms with E-state index in [-0.39, 0.29) is 6.10 Å². The summed E-state index contributed by atoms with van der Waals surface area (Å²) in [5.74, 6) is -0.779. The van der Waals surface area contributed by atoms with Crippen LogP contribution in [0.25, 0.3) is 0 Å². The number of benzene rings is 2. The second kappa shape index (κ2) is 7.79. The standard InChI is InChI=1S/C19H22O4/c1-4-15(2)22-19(3,16-11-7-5-8-12-16)23-18(20)21-17-13-9-6-10-14-17/h5-15H,4H2,1-3H3. The van der Waals surface area contributed by atoms with Crippen molar-refractivity contribution < 1.29 is 19.0 Å². The fourth-order valence-electron chi connectivity index (χ4n) is 2.12. The zero-order valence-electron chi connectivity index (χ0n) is 13.7. The fraction of sp³-hybridized carbons (Fsp3) is 0.316. The molecule has 0 bridgehead atoms. The second-order valence-corrected chi connectivity index (χ2v) is 5.42. The Morgan fingerprint density at radius 2 is 1.61 bits per heavy atom. The maximum Gasteiger partial charge on any atom is 0.516 e. The molecule has 0 radical (unpaired) electrons. The van der Waals surface area contributed by atoms with Crippen LogP contribution in [0, 0.1) is 0 Å². The van der Waals surface area contributed by atoms with Gasteiger partial charge in [0.2, 0.25) is 5.79 Å². The normalized spacial score (nSPS) is 14.6. The maximum absolute atomic E-state index is 12.1. The number of hydrogen-bond acceptors (Lipinski definition) is 4. The number of ether oxygens (including phenoxy) is 3. The third-order valence-corrected chi connectivity index (χ3v) is 3.52. The van der Waals surface area contributed by atoms with E-state index >= 15 is 0 Å². The molecule has 0 aliphatic rings. The smallest absolute Gasteiger partial charge is 0.397 e. The third-order valence-electron chi connectivity index (χ3n) is 3.52. The Kier molecular flexibility index (Phi) is 5.77. The number of carbonyl (C=O) groups excluding carboxylic acids is 1. The van der Waals surface area contributed by atoms with Gasteiger partial charge in [-0.1, -0.05) is 55.5 Å². The predicted octanol–water partition coefficient (Wildman–Crippen LogP) is 4.89. The van der Waals surface area contributed by atoms with Gasteiger partial charge in [0.25, 0.3) is 0 Å². The quantitative estimate of drug-likeness (QED) is 0.432. The summed E-state index contributed by atoms with van der Waals surface area (Å²) in [6.07, 6.45) is -0.0601. The lowest BCUT2D eigenvalue weighted by Crippen LogP contribution is -2.36. The highest BCUT2D eigenvalue weighted by molar-refractivity contribution is 5.64. The SMILES string of the molecule is CCC(C)OC(C)(OC(=O)Oc1ccccc1)c1ccccc1. The third kappa shape index (κ3) is 4.83. The van der Waals surface area contributed by atoms with E-state index in [0.29, 0.717) is 5.75 Å². The van der Waals surface area contributed by atoms with E-state index in [4.69, 9.17) is 14.2 Å². The summed E-state index contributed by atoms with van der Waals surface area (Å²) in [5.41, 5.74) is 0.755. The van der Waals surface area contributed by atoms with Gasteiger partial charge in [-0.15, -0.1) is 0 Å². The van der Waals surface area contributed by atoms with Gasteiger partial charge in [-0.25, -0.2) is 4.79 Å². The molecule has 0 spiro atoms. The Balaban J connectivity index is 2.15. The Morgan fingerprint density at radius 1 is 1.04 bits per heavy atom. The molecule has 0 N–H and O–H groups in total. The molecule has 2 atom stereocenters. The Labute approximate surface area is 137 Å². The Bertz CT molecular complexity index is 612. The maximum atomic E-state index is 12.1. The molecule has 2 aromatic carbocycles. The molecule has 23 heavy (non-hydrogen) atoms. The van der Waals surface area contributed by atoms with Crippen molar-refractivity contribution >= 4 is 6.16 Å². The van der Waals surface area contributed by atoms with Crippen LogP contribution in [-0.2, 0) is 15.3 Å². The average Bonchev–Trinajstić information content (AvgIpc) is 2.56. The van der Waals surface area contributed by atoms with Gasteiger partial charge in [0.1, 0.15) is 5.75 Å². The molecular formula is C19H22O4. The summed E-state index contributed by atoms with van der Waals surface area (Å²) in [6.45, 7) is 5.67. The lowest BCUT2D eigenvalue weighted by atomic mass is 10.1. The summed E-state index contributed by atoms with van der Waals surface area (Å²) in [7, 11) is 0. The predicted molar refractivity (Wildman–Crippen MR) is 88.2 cm³/mol. The molecule has 2 rings (SSSR count). The van der Waals surface area contributed by atoms with Crippen molar-refractivity contribution in [3.8, 4) is 5.75 Å². The van der Waals surface area contributed by atoms with Crippen molar-refractivity contribution in [2.75, 3.05) is 0 Å². The van der Waals surface area contributed by atoms with Crippen LogP contribution < -0.4 is 4.74 Å². The van der Waals surface area contributed by atoms with Crippen LogP contribution in [0.4, 0.5) is 4.79 Å². The van der Waals surface area contributed by atoms with Crippen LogP contribution >= 0.6 is 0 Å². The first-order valence-corrected chi connectivity index (χ1v) is 7.72. The topological polar surface area (TPSA) is 44.8 Å². The van der Waals surface area contributed by atoms with Crippen LogP contribution in [0.1, 0.15) is 32.8 Å². The molecule has 2 aromatic rings. The van der Waals surface area contributed by atoms with Crippen molar-refractivity contribution in [2.45, 2.75) is 39.1 Å². The van der Waals surface area contributed by atoms with Crippen molar-refractivity contribution in [1.82, 2.24) is 0 Å². The van der Waals surface area contributed by atoms with Gasteiger partial charge in [0.05, 0.1) is 6.10 Å². The first-order valence-electron chi connectivity index (χ1n) is 7.72. The van der Waals surface area contributed by atoms with Gasteiger partial charge >= 0.3 is 6.16 Å². The highest BCUT2D eigenvalue weighted by Crippen LogP contribution is 2.30. The first-order chi connectivity index (χ1) is 11.0. The molecule has 0 fully saturated rings. The summed E-state index contributed by atoms with van der Waals surface area (Å²) in [6, 6.07) is 18.2. The lowest BCUT2D eigenvalue weighted by Gasteiger charge is -2.32. The van der Waals surface area contributed by atoms with E-state index < -0.39 is 11.9 Å². The number of para-hydroxylation sites is 1. The Morgan fingerprint density at radius 3 is 2.17 bits per heavy atom. The molecule has 0 saturated carbocycles. The van der Waals surface area contributed by atoms with Gasteiger partial charge < -0.3 is 14.2 Å². The summed E-state index contributed by atoms with van der Waals surface area (Å²) in [4.78, 5) is 12.1. The monoisotopic (exact) mass is 314 g/mol. The second-order valence-electron chi connectivity index (χ2n) is 5.42. The van der Waals surface area contributed by atoms with Crippen LogP contribution in [0.5, 0.6) is 5.75 Å². The van der Waals surface area contributed by atoms with Crippen LogP contribution in [-0.4, -0.2) is 12.3 Å². The molecule has 122 valence electrons. The highest BCUT2D eigenvalue weighted by Gasteiger charge is 2.34. The van der Waals surface area contributed by atoms with E-state index in [1.165, 1.54) is 0 Å². The van der Waals surface area contributed by atoms with Gasteiger partial charge in [0, 0.05) is 12.5 Å². The molecule has 0 heterocycles. The number of rotatable bonds is 6. The number of carbonyl (C=O) groups is 1. The molecule has 0 aliphatic heterocycles. The van der Waals surface area contributed by atoms with Crippen molar-refractivity contribution in [2.24, 2.45) is 0 Å². The zero-order chi connectivity index (χ0) is 16.7. The van der Waals surface area contributed by atoms with Gasteiger partial charge in [0.15, 0.2) is 0 Å². The minimum atomic E-state index is -1.21. The lowest BCUT2D eigenvalue weighted by molar-refractivity contribution is -0.227. The molecule has 0 aliphatic carbocycles. The van der Waals surface area contributed by atoms with Crippen molar-refractivity contribution in [3.05, 3.63) is 66.2 Å². The van der Waals surface area contributed by atoms with Crippen LogP contribution in [0.2, 0.25) is 0 Å². The molecule has 4 heteroatoms. The molecule has 0 saturated heterocycles. The van der Waals surface area contributed by atoms with Gasteiger partial charge in [-0.3, -0.25) is 0 Å². The summed E-state index contributed by atoms with van der Waals surface area (Å²) >= 11 is 0. The molecule has 2 unspecified atom stereocenters. The first kappa shape index (κ1) is 17.0.